The summed E-state index contributed by atoms with van der Waals surface area (Å²) in [5, 5.41) is 4.66. The standard InChI is InChI=1S/C69H48N2O/c1-69(2)62-19-9-6-15-56(62)57-41-33-52(44-63(57)69)50-31-39-55(40-32-50)70(53-35-27-48(28-36-53)47-25-23-46(24-26-47)45-13-4-3-5-14-45)54-37-29-49(30-38-54)51-34-42-65-61(43-51)58-16-7-10-20-64(58)71(65)66-21-12-18-60-59-17-8-11-22-67(59)72-68(60)66/h3-44H,1-2H3. The summed E-state index contributed by atoms with van der Waals surface area (Å²) in [7, 11) is 0. The Morgan fingerprint density at radius 1 is 0.333 bits per heavy atom. The summed E-state index contributed by atoms with van der Waals surface area (Å²) in [4.78, 5) is 2.37. The van der Waals surface area contributed by atoms with Gasteiger partial charge in [-0.1, -0.05) is 196 Å². The summed E-state index contributed by atoms with van der Waals surface area (Å²) >= 11 is 0. The first-order valence-electron chi connectivity index (χ1n) is 24.9. The Bertz CT molecular complexity index is 4200. The molecule has 0 bridgehead atoms. The molecule has 0 saturated heterocycles. The van der Waals surface area contributed by atoms with Gasteiger partial charge >= 0.3 is 0 Å². The fraction of sp³-hybridized carbons (Fsp3) is 0.0435. The lowest BCUT2D eigenvalue weighted by atomic mass is 9.81. The maximum Gasteiger partial charge on any atom is 0.159 e. The van der Waals surface area contributed by atoms with E-state index in [1.54, 1.807) is 0 Å². The molecule has 2 aromatic heterocycles. The van der Waals surface area contributed by atoms with Gasteiger partial charge in [-0.15, -0.1) is 0 Å². The first-order chi connectivity index (χ1) is 35.4. The lowest BCUT2D eigenvalue weighted by Crippen LogP contribution is -2.14. The largest absolute Gasteiger partial charge is 0.454 e. The molecule has 1 aliphatic carbocycles. The summed E-state index contributed by atoms with van der Waals surface area (Å²) in [5.41, 5.74) is 23.3. The van der Waals surface area contributed by atoms with Gasteiger partial charge in [0, 0.05) is 44.0 Å². The second-order valence-corrected chi connectivity index (χ2v) is 19.7. The van der Waals surface area contributed by atoms with Gasteiger partial charge in [0.25, 0.3) is 0 Å². The highest BCUT2D eigenvalue weighted by Gasteiger charge is 2.35. The third-order valence-corrected chi connectivity index (χ3v) is 15.2. The van der Waals surface area contributed by atoms with E-state index in [-0.39, 0.29) is 5.41 Å². The molecule has 0 atom stereocenters. The Labute approximate surface area is 419 Å². The van der Waals surface area contributed by atoms with Crippen LogP contribution in [0.15, 0.2) is 259 Å². The first kappa shape index (κ1) is 41.8. The van der Waals surface area contributed by atoms with E-state index >= 15 is 0 Å². The van der Waals surface area contributed by atoms with Crippen molar-refractivity contribution in [2.24, 2.45) is 0 Å². The van der Waals surface area contributed by atoms with E-state index in [4.69, 9.17) is 4.42 Å². The number of fused-ring (bicyclic) bond motifs is 9. The highest BCUT2D eigenvalue weighted by atomic mass is 16.3. The van der Waals surface area contributed by atoms with Gasteiger partial charge < -0.3 is 13.9 Å². The van der Waals surface area contributed by atoms with Gasteiger partial charge in [-0.05, 0) is 140 Å². The number of aromatic nitrogens is 1. The van der Waals surface area contributed by atoms with Crippen LogP contribution in [0.4, 0.5) is 17.1 Å². The summed E-state index contributed by atoms with van der Waals surface area (Å²) in [5.74, 6) is 0. The molecule has 0 radical (unpaired) electrons. The van der Waals surface area contributed by atoms with Crippen molar-refractivity contribution >= 4 is 60.8 Å². The number of hydrogen-bond acceptors (Lipinski definition) is 2. The lowest BCUT2D eigenvalue weighted by Gasteiger charge is -2.26. The Hall–Kier alpha value is -9.18. The van der Waals surface area contributed by atoms with E-state index in [9.17, 15) is 0 Å². The summed E-state index contributed by atoms with van der Waals surface area (Å²) in [6.07, 6.45) is 0. The Morgan fingerprint density at radius 2 is 0.806 bits per heavy atom. The smallest absolute Gasteiger partial charge is 0.159 e. The van der Waals surface area contributed by atoms with Crippen LogP contribution in [0.5, 0.6) is 0 Å². The Kier molecular flexibility index (Phi) is 9.56. The SMILES string of the molecule is CC1(C)c2ccccc2-c2ccc(-c3ccc(N(c4ccc(-c5ccc(-c6ccccc6)cc5)cc4)c4ccc(-c5ccc6c(c5)c5ccccc5n6-c5cccc6c5oc5ccccc56)cc4)cc3)cc21. The van der Waals surface area contributed by atoms with E-state index in [1.165, 1.54) is 66.4 Å². The van der Waals surface area contributed by atoms with Crippen LogP contribution in [0, 0.1) is 0 Å². The minimum Gasteiger partial charge on any atom is -0.454 e. The van der Waals surface area contributed by atoms with Gasteiger partial charge in [0.05, 0.1) is 16.7 Å². The van der Waals surface area contributed by atoms with Gasteiger partial charge in [0.2, 0.25) is 0 Å². The molecule has 3 nitrogen and oxygen atoms in total. The average Bonchev–Trinajstić information content (AvgIpc) is 4.07. The van der Waals surface area contributed by atoms with Crippen molar-refractivity contribution in [1.29, 1.82) is 0 Å². The van der Waals surface area contributed by atoms with Gasteiger partial charge in [0.1, 0.15) is 5.58 Å². The quantitative estimate of drug-likeness (QED) is 0.151. The minimum atomic E-state index is -0.0586. The molecule has 0 aliphatic heterocycles. The van der Waals surface area contributed by atoms with Crippen LogP contribution in [-0.2, 0) is 5.41 Å². The predicted molar refractivity (Wildman–Crippen MR) is 302 cm³/mol. The van der Waals surface area contributed by atoms with Crippen molar-refractivity contribution in [3.05, 3.63) is 266 Å². The highest BCUT2D eigenvalue weighted by molar-refractivity contribution is 6.13. The van der Waals surface area contributed by atoms with Gasteiger partial charge in [0.15, 0.2) is 5.58 Å². The zero-order valence-electron chi connectivity index (χ0n) is 40.1. The zero-order chi connectivity index (χ0) is 47.9. The van der Waals surface area contributed by atoms with Crippen molar-refractivity contribution in [2.75, 3.05) is 4.90 Å². The third-order valence-electron chi connectivity index (χ3n) is 15.2. The molecule has 13 aromatic rings. The van der Waals surface area contributed by atoms with Crippen LogP contribution in [0.2, 0.25) is 0 Å². The number of benzene rings is 11. The van der Waals surface area contributed by atoms with Crippen LogP contribution < -0.4 is 4.90 Å². The van der Waals surface area contributed by atoms with Crippen LogP contribution >= 0.6 is 0 Å². The Morgan fingerprint density at radius 3 is 1.49 bits per heavy atom. The number of nitrogens with zero attached hydrogens (tertiary/aromatic N) is 2. The molecule has 72 heavy (non-hydrogen) atoms. The number of furan rings is 1. The Balaban J connectivity index is 0.826. The number of hydrogen-bond donors (Lipinski definition) is 0. The van der Waals surface area contributed by atoms with Crippen molar-refractivity contribution < 1.29 is 4.42 Å². The molecule has 0 N–H and O–H groups in total. The molecule has 2 heterocycles. The number of para-hydroxylation sites is 3. The molecular weight excluding hydrogens is 873 g/mol. The average molecular weight is 921 g/mol. The van der Waals surface area contributed by atoms with E-state index in [2.05, 4.69) is 272 Å². The maximum absolute atomic E-state index is 6.57. The minimum absolute atomic E-state index is 0.0586. The van der Waals surface area contributed by atoms with Crippen LogP contribution in [-0.4, -0.2) is 4.57 Å². The van der Waals surface area contributed by atoms with Crippen molar-refractivity contribution in [1.82, 2.24) is 4.57 Å². The number of anilines is 3. The molecule has 1 aliphatic rings. The molecule has 11 aromatic carbocycles. The van der Waals surface area contributed by atoms with Gasteiger partial charge in [-0.3, -0.25) is 0 Å². The van der Waals surface area contributed by atoms with Crippen molar-refractivity contribution in [3.8, 4) is 61.3 Å². The van der Waals surface area contributed by atoms with Crippen LogP contribution in [0.1, 0.15) is 25.0 Å². The van der Waals surface area contributed by atoms with Gasteiger partial charge in [-0.25, -0.2) is 0 Å². The number of rotatable bonds is 8. The van der Waals surface area contributed by atoms with Crippen molar-refractivity contribution in [2.45, 2.75) is 19.3 Å². The second-order valence-electron chi connectivity index (χ2n) is 19.7. The fourth-order valence-corrected chi connectivity index (χ4v) is 11.5. The third kappa shape index (κ3) is 6.73. The highest BCUT2D eigenvalue weighted by Crippen LogP contribution is 2.50. The van der Waals surface area contributed by atoms with Crippen LogP contribution in [0.3, 0.4) is 0 Å². The lowest BCUT2D eigenvalue weighted by molar-refractivity contribution is 0.660. The fourth-order valence-electron chi connectivity index (χ4n) is 11.5. The zero-order valence-corrected chi connectivity index (χ0v) is 40.1. The normalized spacial score (nSPS) is 12.7. The van der Waals surface area contributed by atoms with E-state index in [0.717, 1.165) is 66.8 Å². The summed E-state index contributed by atoms with van der Waals surface area (Å²) in [6, 6.07) is 92.8. The van der Waals surface area contributed by atoms with Gasteiger partial charge in [-0.2, -0.15) is 0 Å². The molecule has 0 spiro atoms. The van der Waals surface area contributed by atoms with E-state index in [0.29, 0.717) is 0 Å². The molecule has 340 valence electrons. The van der Waals surface area contributed by atoms with E-state index < -0.39 is 0 Å². The maximum atomic E-state index is 6.57. The predicted octanol–water partition coefficient (Wildman–Crippen LogP) is 19.1. The summed E-state index contributed by atoms with van der Waals surface area (Å²) < 4.78 is 8.93. The molecular formula is C69H48N2O. The molecule has 14 rings (SSSR count). The topological polar surface area (TPSA) is 21.3 Å². The molecule has 0 unspecified atom stereocenters. The first-order valence-corrected chi connectivity index (χ1v) is 24.9. The molecule has 3 heteroatoms. The summed E-state index contributed by atoms with van der Waals surface area (Å²) in [6.45, 7) is 4.70. The monoisotopic (exact) mass is 920 g/mol. The molecule has 0 fully saturated rings. The second kappa shape index (κ2) is 16.5. The van der Waals surface area contributed by atoms with E-state index in [1.807, 2.05) is 6.07 Å². The molecule has 0 saturated carbocycles. The van der Waals surface area contributed by atoms with Crippen LogP contribution in [0.25, 0.3) is 105 Å². The van der Waals surface area contributed by atoms with Crippen molar-refractivity contribution in [3.63, 3.8) is 0 Å². The molecule has 0 amide bonds.